The van der Waals surface area contributed by atoms with Crippen LogP contribution in [0.5, 0.6) is 0 Å². The number of rotatable bonds is 10. The van der Waals surface area contributed by atoms with Gasteiger partial charge in [0.1, 0.15) is 28.7 Å². The highest BCUT2D eigenvalue weighted by Gasteiger charge is 2.41. The summed E-state index contributed by atoms with van der Waals surface area (Å²) >= 11 is 3.30. The molecule has 26 nitrogen and oxygen atoms in total. The van der Waals surface area contributed by atoms with E-state index in [9.17, 15) is 67.3 Å². The smallest absolute Gasteiger partial charge is 0.417 e. The molecule has 0 spiro atoms. The molecule has 6 aliphatic rings. The van der Waals surface area contributed by atoms with E-state index in [4.69, 9.17) is 29.4 Å². The maximum Gasteiger partial charge on any atom is 0.417 e. The molecule has 9 aromatic rings. The van der Waals surface area contributed by atoms with Gasteiger partial charge < -0.3 is 49.4 Å². The number of nitrogens with one attached hydrogen (secondary N) is 1. The van der Waals surface area contributed by atoms with Crippen LogP contribution < -0.4 is 11.1 Å². The predicted molar refractivity (Wildman–Crippen MR) is 424 cm³/mol. The van der Waals surface area contributed by atoms with Crippen LogP contribution in [0.15, 0.2) is 150 Å². The van der Waals surface area contributed by atoms with Crippen molar-refractivity contribution in [2.45, 2.75) is 85.2 Å². The van der Waals surface area contributed by atoms with Crippen LogP contribution >= 0.6 is 15.9 Å². The second-order valence-electron chi connectivity index (χ2n) is 29.6. The molecule has 0 atom stereocenters. The Morgan fingerprint density at radius 3 is 1.17 bits per heavy atom. The SMILES string of the molecule is CC(C)(C)OC(=O)N1Cc2nc(-c3c(F)cccc3C#N)cc(Br)c2C1=O.CC(C)(C)OC(=O)N1Cc2nc(-c3c(F)cccc3C#N)cc(Cc3ccc(C(=O)N4CCOCC4)cc3)c2C1=O.N#Cc1cccc(F)c1-c1cc(Cc2ccc(C(=O)N3CCOCC3)cc2)c2c(n1)CNC2=O.Nc1ccc(C(=O)N2CCOCC2)cc1. The molecule has 117 heavy (non-hydrogen) atoms. The first-order valence-corrected chi connectivity index (χ1v) is 38.1. The maximum absolute atomic E-state index is 15.0. The number of nitrogen functional groups attached to an aromatic ring is 1. The maximum atomic E-state index is 15.0. The van der Waals surface area contributed by atoms with Crippen molar-refractivity contribution < 1.29 is 75.2 Å². The quantitative estimate of drug-likeness (QED) is 0.120. The molecule has 15 rings (SSSR count). The van der Waals surface area contributed by atoms with Crippen molar-refractivity contribution in [3.63, 3.8) is 0 Å². The standard InChI is InChI=1S/C31H29FN4O5.C26H21FN4O3.C19H15BrFN3O3.C11H14N2O2/c1-31(2,3)41-30(39)36-18-25-27(29(36)38)22(16-24(34-25)26-21(17-33)5-4-6-23(26)32)15-19-7-9-20(10-8-19)28(37)35-11-13-40-14-12-35;27-20-3-1-2-18(14-28)23(20)21-13-19(24-22(30-21)15-29-25(24)32)12-16-4-6-17(7-5-16)26(33)31-8-10-34-11-9-31;1-19(2,3)27-18(26)24-9-14-16(17(24)25)11(20)7-13(23-14)15-10(8-22)5-4-6-12(15)21;12-10-3-1-9(2-4-10)11(14)13-5-7-15-8-6-13/h4-10,16H,11-15,18H2,1-3H3;1-7,13H,8-12,15H2,(H,29,32);4-7H,9H2,1-3H3;1-4H,5-8,12H2. The van der Waals surface area contributed by atoms with Gasteiger partial charge in [-0.25, -0.2) is 47.5 Å². The number of anilines is 1. The number of carbonyl (C=O) groups is 8. The highest BCUT2D eigenvalue weighted by atomic mass is 79.9. The zero-order chi connectivity index (χ0) is 83.6. The van der Waals surface area contributed by atoms with E-state index >= 15 is 0 Å². The van der Waals surface area contributed by atoms with Crippen LogP contribution in [0.1, 0.15) is 160 Å². The molecule has 3 saturated heterocycles. The van der Waals surface area contributed by atoms with E-state index in [0.29, 0.717) is 152 Å². The van der Waals surface area contributed by atoms with Crippen LogP contribution in [0.2, 0.25) is 0 Å². The molecule has 3 fully saturated rings. The largest absolute Gasteiger partial charge is 0.443 e. The molecule has 6 aliphatic heterocycles. The number of nitrogens with zero attached hydrogens (tertiary/aromatic N) is 11. The van der Waals surface area contributed by atoms with Crippen molar-refractivity contribution in [3.8, 4) is 52.0 Å². The minimum Gasteiger partial charge on any atom is -0.443 e. The summed E-state index contributed by atoms with van der Waals surface area (Å²) in [5.41, 5.74) is 12.8. The Balaban J connectivity index is 0.000000151. The van der Waals surface area contributed by atoms with Gasteiger partial charge in [0.05, 0.1) is 162 Å². The van der Waals surface area contributed by atoms with Gasteiger partial charge in [-0.1, -0.05) is 42.5 Å². The molecule has 0 radical (unpaired) electrons. The fourth-order valence-corrected chi connectivity index (χ4v) is 14.2. The number of aromatic nitrogens is 3. The van der Waals surface area contributed by atoms with Gasteiger partial charge in [0.2, 0.25) is 0 Å². The molecule has 6 aromatic carbocycles. The normalized spacial score (nSPS) is 14.8. The Hall–Kier alpha value is -13.1. The second kappa shape index (κ2) is 36.2. The molecular weight excluding hydrogens is 1570 g/mol. The molecular formula is C87H79BrF3N13O13. The van der Waals surface area contributed by atoms with Gasteiger partial charge in [0.25, 0.3) is 35.4 Å². The van der Waals surface area contributed by atoms with Gasteiger partial charge in [0, 0.05) is 66.1 Å². The lowest BCUT2D eigenvalue weighted by Crippen LogP contribution is -2.40. The number of morpholine rings is 3. The monoisotopic (exact) mass is 1650 g/mol. The van der Waals surface area contributed by atoms with Crippen molar-refractivity contribution in [2.75, 3.05) is 84.6 Å². The van der Waals surface area contributed by atoms with Crippen LogP contribution in [0.25, 0.3) is 33.8 Å². The molecule has 0 unspecified atom stereocenters. The number of nitriles is 3. The minimum absolute atomic E-state index is 0.0219. The van der Waals surface area contributed by atoms with E-state index in [1.807, 2.05) is 30.3 Å². The molecule has 3 N–H and O–H groups in total. The highest BCUT2D eigenvalue weighted by molar-refractivity contribution is 9.10. The number of imide groups is 2. The molecule has 3 aromatic heterocycles. The number of halogens is 4. The lowest BCUT2D eigenvalue weighted by atomic mass is 9.95. The molecule has 598 valence electrons. The Morgan fingerprint density at radius 2 is 0.803 bits per heavy atom. The van der Waals surface area contributed by atoms with Crippen molar-refractivity contribution in [3.05, 3.63) is 257 Å². The first kappa shape index (κ1) is 83.4. The van der Waals surface area contributed by atoms with Gasteiger partial charge in [-0.15, -0.1) is 0 Å². The van der Waals surface area contributed by atoms with Crippen LogP contribution in [-0.2, 0) is 56.2 Å². The van der Waals surface area contributed by atoms with Gasteiger partial charge in [-0.05, 0) is 196 Å². The van der Waals surface area contributed by atoms with E-state index < -0.39 is 52.7 Å². The average Bonchev–Trinajstić information content (AvgIpc) is 1.66. The number of amides is 8. The number of nitrogens with two attached hydrogens (primary N) is 1. The molecule has 8 amide bonds. The van der Waals surface area contributed by atoms with Crippen molar-refractivity contribution in [1.29, 1.82) is 15.8 Å². The van der Waals surface area contributed by atoms with Gasteiger partial charge in [-0.2, -0.15) is 15.8 Å². The predicted octanol–water partition coefficient (Wildman–Crippen LogP) is 12.9. The summed E-state index contributed by atoms with van der Waals surface area (Å²) in [6.45, 7) is 17.1. The summed E-state index contributed by atoms with van der Waals surface area (Å²) in [5.74, 6) is -3.15. The zero-order valence-electron chi connectivity index (χ0n) is 64.7. The first-order valence-electron chi connectivity index (χ1n) is 37.3. The summed E-state index contributed by atoms with van der Waals surface area (Å²) < 4.78 is 70.8. The number of benzene rings is 6. The Bertz CT molecular complexity index is 5530. The molecule has 0 bridgehead atoms. The molecule has 0 aliphatic carbocycles. The summed E-state index contributed by atoms with van der Waals surface area (Å²) in [5, 5.41) is 31.1. The van der Waals surface area contributed by atoms with E-state index in [0.717, 1.165) is 20.9 Å². The molecule has 30 heteroatoms. The topological polar surface area (TPSA) is 347 Å². The van der Waals surface area contributed by atoms with Gasteiger partial charge in [-0.3, -0.25) is 28.8 Å². The minimum atomic E-state index is -0.817. The van der Waals surface area contributed by atoms with Crippen LogP contribution in [0.4, 0.5) is 28.4 Å². The number of carbonyl (C=O) groups excluding carboxylic acids is 8. The second-order valence-corrected chi connectivity index (χ2v) is 30.5. The van der Waals surface area contributed by atoms with Gasteiger partial charge in [0.15, 0.2) is 0 Å². The van der Waals surface area contributed by atoms with E-state index in [1.54, 1.807) is 135 Å². The van der Waals surface area contributed by atoms with Crippen molar-refractivity contribution >= 4 is 69.2 Å². The molecule has 0 saturated carbocycles. The van der Waals surface area contributed by atoms with E-state index in [2.05, 4.69) is 36.2 Å². The van der Waals surface area contributed by atoms with E-state index in [1.165, 1.54) is 54.6 Å². The Kier molecular flexibility index (Phi) is 25.8. The number of fused-ring (bicyclic) bond motifs is 3. The summed E-state index contributed by atoms with van der Waals surface area (Å²) in [4.78, 5) is 122. The number of ether oxygens (including phenoxy) is 5. The third kappa shape index (κ3) is 19.5. The van der Waals surface area contributed by atoms with E-state index in [-0.39, 0.29) is 106 Å². The number of pyridine rings is 3. The summed E-state index contributed by atoms with van der Waals surface area (Å²) in [6, 6.07) is 44.7. The van der Waals surface area contributed by atoms with Crippen LogP contribution in [0.3, 0.4) is 0 Å². The van der Waals surface area contributed by atoms with Crippen molar-refractivity contribution in [1.82, 2.24) is 44.8 Å². The summed E-state index contributed by atoms with van der Waals surface area (Å²) in [7, 11) is 0. The Labute approximate surface area is 680 Å². The average molecular weight is 1650 g/mol. The fraction of sp³-hybridized carbons (Fsp3) is 0.287. The van der Waals surface area contributed by atoms with Gasteiger partial charge >= 0.3 is 12.2 Å². The molecule has 9 heterocycles. The highest BCUT2D eigenvalue weighted by Crippen LogP contribution is 2.38. The van der Waals surface area contributed by atoms with Crippen LogP contribution in [0, 0.1) is 51.4 Å². The van der Waals surface area contributed by atoms with Crippen molar-refractivity contribution in [2.24, 2.45) is 0 Å². The third-order valence-electron chi connectivity index (χ3n) is 19.2. The Morgan fingerprint density at radius 1 is 0.470 bits per heavy atom. The lowest BCUT2D eigenvalue weighted by Gasteiger charge is -2.26. The fourth-order valence-electron chi connectivity index (χ4n) is 13.6. The summed E-state index contributed by atoms with van der Waals surface area (Å²) in [6.07, 6.45) is -0.938. The number of hydrogen-bond acceptors (Lipinski definition) is 20. The van der Waals surface area contributed by atoms with Crippen LogP contribution in [-0.4, -0.2) is 177 Å². The lowest BCUT2D eigenvalue weighted by molar-refractivity contribution is 0.0230. The third-order valence-corrected chi connectivity index (χ3v) is 19.8. The number of hydrogen-bond donors (Lipinski definition) is 2. The first-order chi connectivity index (χ1) is 56.0. The zero-order valence-corrected chi connectivity index (χ0v) is 66.3.